The van der Waals surface area contributed by atoms with Crippen molar-refractivity contribution >= 4 is 32.5 Å². The number of ketones is 1. The van der Waals surface area contributed by atoms with Gasteiger partial charge in [-0.1, -0.05) is 30.3 Å². The normalized spacial score (nSPS) is 18.3. The molecular weight excluding hydrogens is 340 g/mol. The number of aliphatic hydroxyl groups excluding tert-OH is 1. The monoisotopic (exact) mass is 354 g/mol. The Morgan fingerprint density at radius 3 is 2.56 bits per heavy atom. The first-order valence-electron chi connectivity index (χ1n) is 7.55. The van der Waals surface area contributed by atoms with Gasteiger partial charge in [-0.2, -0.15) is 0 Å². The van der Waals surface area contributed by atoms with Gasteiger partial charge in [0, 0.05) is 35.3 Å². The van der Waals surface area contributed by atoms with Crippen LogP contribution in [0.2, 0.25) is 0 Å². The molecule has 3 aromatic rings. The number of aromatic nitrogens is 1. The molecule has 6 nitrogen and oxygen atoms in total. The SMILES string of the molecule is CN1/C(=C(/O)c2c[nH]c3ccccc23)C(=O)c2ccccc2S1(=O)=O. The minimum Gasteiger partial charge on any atom is -0.505 e. The highest BCUT2D eigenvalue weighted by molar-refractivity contribution is 7.89. The van der Waals surface area contributed by atoms with Crippen LogP contribution in [-0.4, -0.2) is 35.6 Å². The molecule has 7 heteroatoms. The summed E-state index contributed by atoms with van der Waals surface area (Å²) in [5.41, 5.74) is 0.949. The van der Waals surface area contributed by atoms with E-state index in [1.807, 2.05) is 12.1 Å². The average Bonchev–Trinajstić information content (AvgIpc) is 3.04. The van der Waals surface area contributed by atoms with Crippen molar-refractivity contribution in [3.8, 4) is 0 Å². The molecule has 0 amide bonds. The summed E-state index contributed by atoms with van der Waals surface area (Å²) in [5.74, 6) is -0.904. The maximum Gasteiger partial charge on any atom is 0.265 e. The summed E-state index contributed by atoms with van der Waals surface area (Å²) in [7, 11) is -2.64. The highest BCUT2D eigenvalue weighted by atomic mass is 32.2. The molecule has 0 bridgehead atoms. The Hall–Kier alpha value is -3.06. The summed E-state index contributed by atoms with van der Waals surface area (Å²) >= 11 is 0. The summed E-state index contributed by atoms with van der Waals surface area (Å²) in [6.07, 6.45) is 1.56. The lowest BCUT2D eigenvalue weighted by Crippen LogP contribution is -2.37. The Balaban J connectivity index is 2.02. The molecule has 126 valence electrons. The highest BCUT2D eigenvalue weighted by Gasteiger charge is 2.39. The van der Waals surface area contributed by atoms with Crippen LogP contribution in [0, 0.1) is 0 Å². The number of allylic oxidation sites excluding steroid dienone is 1. The Bertz CT molecular complexity index is 1160. The van der Waals surface area contributed by atoms with Crippen LogP contribution in [0.3, 0.4) is 0 Å². The number of aromatic amines is 1. The van der Waals surface area contributed by atoms with Crippen molar-refractivity contribution in [2.45, 2.75) is 4.90 Å². The third kappa shape index (κ3) is 2.09. The van der Waals surface area contributed by atoms with Gasteiger partial charge in [0.2, 0.25) is 5.78 Å². The number of benzene rings is 2. The molecule has 0 saturated carbocycles. The van der Waals surface area contributed by atoms with E-state index in [4.69, 9.17) is 0 Å². The average molecular weight is 354 g/mol. The third-order valence-corrected chi connectivity index (χ3v) is 6.18. The van der Waals surface area contributed by atoms with Crippen molar-refractivity contribution in [1.82, 2.24) is 9.29 Å². The number of hydrogen-bond acceptors (Lipinski definition) is 4. The van der Waals surface area contributed by atoms with E-state index in [1.54, 1.807) is 30.5 Å². The molecule has 0 aliphatic carbocycles. The standard InChI is InChI=1S/C18H14N2O4S/c1-20-16(17(21)12-7-3-5-9-15(12)25(20,23)24)18(22)13-10-19-14-8-4-2-6-11(13)14/h2-10,19,22H,1H3/b18-16+. The number of rotatable bonds is 1. The second-order valence-electron chi connectivity index (χ2n) is 5.74. The number of carbonyl (C=O) groups is 1. The number of H-pyrrole nitrogens is 1. The van der Waals surface area contributed by atoms with Gasteiger partial charge in [-0.3, -0.25) is 9.10 Å². The van der Waals surface area contributed by atoms with Crippen molar-refractivity contribution < 1.29 is 18.3 Å². The molecule has 0 radical (unpaired) electrons. The molecular formula is C18H14N2O4S. The number of aliphatic hydroxyl groups is 1. The maximum atomic E-state index is 12.9. The van der Waals surface area contributed by atoms with Gasteiger partial charge in [0.05, 0.1) is 4.90 Å². The molecule has 0 fully saturated rings. The molecule has 0 unspecified atom stereocenters. The van der Waals surface area contributed by atoms with E-state index < -0.39 is 15.8 Å². The number of fused-ring (bicyclic) bond motifs is 2. The molecule has 0 spiro atoms. The molecule has 1 aromatic heterocycles. The first kappa shape index (κ1) is 15.5. The van der Waals surface area contributed by atoms with Gasteiger partial charge in [0.25, 0.3) is 10.0 Å². The first-order chi connectivity index (χ1) is 11.9. The van der Waals surface area contributed by atoms with Crippen LogP contribution in [0.25, 0.3) is 16.7 Å². The van der Waals surface area contributed by atoms with Gasteiger partial charge in [-0.05, 0) is 18.2 Å². The van der Waals surface area contributed by atoms with Crippen molar-refractivity contribution in [3.05, 3.63) is 71.6 Å². The lowest BCUT2D eigenvalue weighted by Gasteiger charge is -2.28. The second kappa shape index (κ2) is 5.22. The molecule has 2 aromatic carbocycles. The fourth-order valence-electron chi connectivity index (χ4n) is 3.07. The first-order valence-corrected chi connectivity index (χ1v) is 8.99. The third-order valence-electron chi connectivity index (χ3n) is 4.37. The Kier molecular flexibility index (Phi) is 3.23. The van der Waals surface area contributed by atoms with Crippen LogP contribution in [0.5, 0.6) is 0 Å². The van der Waals surface area contributed by atoms with E-state index >= 15 is 0 Å². The molecule has 1 aliphatic heterocycles. The zero-order valence-electron chi connectivity index (χ0n) is 13.2. The number of likely N-dealkylation sites (N-methyl/N-ethyl adjacent to an activating group) is 1. The van der Waals surface area contributed by atoms with Gasteiger partial charge in [-0.25, -0.2) is 8.42 Å². The van der Waals surface area contributed by atoms with E-state index in [-0.39, 0.29) is 21.9 Å². The van der Waals surface area contributed by atoms with Crippen LogP contribution < -0.4 is 0 Å². The number of nitrogens with one attached hydrogen (secondary N) is 1. The van der Waals surface area contributed by atoms with Gasteiger partial charge < -0.3 is 10.1 Å². The Morgan fingerprint density at radius 2 is 1.76 bits per heavy atom. The summed E-state index contributed by atoms with van der Waals surface area (Å²) < 4.78 is 26.3. The van der Waals surface area contributed by atoms with E-state index in [2.05, 4.69) is 4.98 Å². The lowest BCUT2D eigenvalue weighted by molar-refractivity contribution is 0.100. The van der Waals surface area contributed by atoms with E-state index in [0.29, 0.717) is 10.9 Å². The van der Waals surface area contributed by atoms with Gasteiger partial charge >= 0.3 is 0 Å². The number of para-hydroxylation sites is 1. The number of nitrogens with zero attached hydrogens (tertiary/aromatic N) is 1. The minimum absolute atomic E-state index is 0.0574. The molecule has 2 heterocycles. The highest BCUT2D eigenvalue weighted by Crippen LogP contribution is 2.35. The largest absolute Gasteiger partial charge is 0.505 e. The summed E-state index contributed by atoms with van der Waals surface area (Å²) in [6, 6.07) is 13.2. The predicted molar refractivity (Wildman–Crippen MR) is 93.6 cm³/mol. The minimum atomic E-state index is -3.91. The summed E-state index contributed by atoms with van der Waals surface area (Å²) in [5, 5.41) is 11.5. The zero-order chi connectivity index (χ0) is 17.8. The van der Waals surface area contributed by atoms with Crippen LogP contribution >= 0.6 is 0 Å². The van der Waals surface area contributed by atoms with Crippen molar-refractivity contribution in [1.29, 1.82) is 0 Å². The maximum absolute atomic E-state index is 12.9. The molecule has 0 saturated heterocycles. The van der Waals surface area contributed by atoms with Crippen LogP contribution in [0.1, 0.15) is 15.9 Å². The molecule has 25 heavy (non-hydrogen) atoms. The smallest absolute Gasteiger partial charge is 0.265 e. The summed E-state index contributed by atoms with van der Waals surface area (Å²) in [6.45, 7) is 0. The fourth-order valence-corrected chi connectivity index (χ4v) is 4.46. The molecule has 0 atom stereocenters. The molecule has 1 aliphatic rings. The topological polar surface area (TPSA) is 90.5 Å². The number of sulfonamides is 1. The molecule has 4 rings (SSSR count). The molecule has 2 N–H and O–H groups in total. The van der Waals surface area contributed by atoms with E-state index in [1.165, 1.54) is 19.2 Å². The zero-order valence-corrected chi connectivity index (χ0v) is 14.0. The van der Waals surface area contributed by atoms with Gasteiger partial charge in [0.1, 0.15) is 5.70 Å². The Morgan fingerprint density at radius 1 is 1.08 bits per heavy atom. The number of carbonyl (C=O) groups excluding carboxylic acids is 1. The van der Waals surface area contributed by atoms with Crippen LogP contribution in [0.4, 0.5) is 0 Å². The number of hydrogen-bond donors (Lipinski definition) is 2. The predicted octanol–water partition coefficient (Wildman–Crippen LogP) is 2.91. The lowest BCUT2D eigenvalue weighted by atomic mass is 10.0. The summed E-state index contributed by atoms with van der Waals surface area (Å²) in [4.78, 5) is 15.8. The van der Waals surface area contributed by atoms with E-state index in [9.17, 15) is 18.3 Å². The Labute approximate surface area is 144 Å². The number of Topliss-reactive ketones (excluding diaryl/α,β-unsaturated/α-hetero) is 1. The van der Waals surface area contributed by atoms with Crippen molar-refractivity contribution in [2.24, 2.45) is 0 Å². The quantitative estimate of drug-likeness (QED) is 0.519. The van der Waals surface area contributed by atoms with Crippen LogP contribution in [-0.2, 0) is 10.0 Å². The van der Waals surface area contributed by atoms with Gasteiger partial charge in [0.15, 0.2) is 5.76 Å². The fraction of sp³-hybridized carbons (Fsp3) is 0.0556. The van der Waals surface area contributed by atoms with Crippen molar-refractivity contribution in [2.75, 3.05) is 7.05 Å². The van der Waals surface area contributed by atoms with Crippen LogP contribution in [0.15, 0.2) is 65.3 Å². The van der Waals surface area contributed by atoms with E-state index in [0.717, 1.165) is 9.82 Å². The van der Waals surface area contributed by atoms with Crippen molar-refractivity contribution in [3.63, 3.8) is 0 Å². The van der Waals surface area contributed by atoms with Gasteiger partial charge in [-0.15, -0.1) is 0 Å². The second-order valence-corrected chi connectivity index (χ2v) is 7.68.